The summed E-state index contributed by atoms with van der Waals surface area (Å²) in [4.78, 5) is 25.6. The van der Waals surface area contributed by atoms with E-state index in [1.54, 1.807) is 0 Å². The molecular weight excluding hydrogens is 424 g/mol. The number of aromatic nitrogens is 2. The van der Waals surface area contributed by atoms with Crippen molar-refractivity contribution in [2.24, 2.45) is 0 Å². The van der Waals surface area contributed by atoms with Crippen LogP contribution in [0, 0.1) is 6.92 Å². The van der Waals surface area contributed by atoms with E-state index < -0.39 is 0 Å². The quantitative estimate of drug-likeness (QED) is 0.534. The number of rotatable bonds is 6. The molecule has 1 fully saturated rings. The van der Waals surface area contributed by atoms with Crippen LogP contribution >= 0.6 is 11.6 Å². The van der Waals surface area contributed by atoms with Crippen molar-refractivity contribution < 1.29 is 9.53 Å². The Balaban J connectivity index is 1.37. The largest absolute Gasteiger partial charge is 0.437 e. The highest BCUT2D eigenvalue weighted by Crippen LogP contribution is 2.30. The van der Waals surface area contributed by atoms with Gasteiger partial charge in [-0.1, -0.05) is 48.0 Å². The van der Waals surface area contributed by atoms with Gasteiger partial charge in [0.05, 0.1) is 5.02 Å². The zero-order valence-corrected chi connectivity index (χ0v) is 19.1. The zero-order valence-electron chi connectivity index (χ0n) is 18.4. The minimum Gasteiger partial charge on any atom is -0.437 e. The summed E-state index contributed by atoms with van der Waals surface area (Å²) in [5.41, 5.74) is 2.25. The van der Waals surface area contributed by atoms with Crippen LogP contribution < -0.4 is 9.64 Å². The van der Waals surface area contributed by atoms with Crippen LogP contribution in [0.4, 0.5) is 5.82 Å². The van der Waals surface area contributed by atoms with E-state index in [2.05, 4.69) is 33.9 Å². The third kappa shape index (κ3) is 5.37. The van der Waals surface area contributed by atoms with E-state index in [0.717, 1.165) is 17.8 Å². The molecule has 1 aliphatic heterocycles. The molecule has 6 nitrogen and oxygen atoms in total. The van der Waals surface area contributed by atoms with Gasteiger partial charge < -0.3 is 14.5 Å². The zero-order chi connectivity index (χ0) is 22.5. The van der Waals surface area contributed by atoms with Crippen LogP contribution in [0.5, 0.6) is 11.6 Å². The van der Waals surface area contributed by atoms with Gasteiger partial charge in [-0.25, -0.2) is 9.97 Å². The maximum absolute atomic E-state index is 12.8. The molecule has 1 amide bonds. The van der Waals surface area contributed by atoms with Gasteiger partial charge in [0.2, 0.25) is 11.8 Å². The maximum atomic E-state index is 12.8. The molecule has 166 valence electrons. The minimum atomic E-state index is 0.0950. The van der Waals surface area contributed by atoms with Gasteiger partial charge in [-0.2, -0.15) is 0 Å². The lowest BCUT2D eigenvalue weighted by Gasteiger charge is -2.40. The van der Waals surface area contributed by atoms with Gasteiger partial charge in [0, 0.05) is 38.2 Å². The van der Waals surface area contributed by atoms with E-state index >= 15 is 0 Å². The number of amides is 1. The molecule has 32 heavy (non-hydrogen) atoms. The third-order valence-corrected chi connectivity index (χ3v) is 5.98. The van der Waals surface area contributed by atoms with Crippen molar-refractivity contribution in [3.05, 3.63) is 77.1 Å². The van der Waals surface area contributed by atoms with Gasteiger partial charge in [-0.3, -0.25) is 4.79 Å². The normalized spacial score (nSPS) is 16.2. The van der Waals surface area contributed by atoms with Crippen molar-refractivity contribution in [1.29, 1.82) is 0 Å². The summed E-state index contributed by atoms with van der Waals surface area (Å²) in [5, 5.41) is 0.534. The summed E-state index contributed by atoms with van der Waals surface area (Å²) in [6.07, 6.45) is 2.79. The van der Waals surface area contributed by atoms with Crippen molar-refractivity contribution in [3.63, 3.8) is 0 Å². The highest BCUT2D eigenvalue weighted by Gasteiger charge is 2.28. The summed E-state index contributed by atoms with van der Waals surface area (Å²) in [6, 6.07) is 17.7. The van der Waals surface area contributed by atoms with E-state index in [-0.39, 0.29) is 11.9 Å². The Hall–Kier alpha value is -3.12. The van der Waals surface area contributed by atoms with E-state index in [1.807, 2.05) is 54.3 Å². The van der Waals surface area contributed by atoms with Gasteiger partial charge >= 0.3 is 0 Å². The lowest BCUT2D eigenvalue weighted by atomic mass is 10.1. The Morgan fingerprint density at radius 1 is 1.12 bits per heavy atom. The second-order valence-electron chi connectivity index (χ2n) is 8.12. The fourth-order valence-electron chi connectivity index (χ4n) is 3.94. The second-order valence-corrected chi connectivity index (χ2v) is 8.53. The Kier molecular flexibility index (Phi) is 6.90. The van der Waals surface area contributed by atoms with Gasteiger partial charge in [-0.15, -0.1) is 0 Å². The molecule has 0 N–H and O–H groups in total. The summed E-state index contributed by atoms with van der Waals surface area (Å²) in [6.45, 7) is 6.15. The average molecular weight is 451 g/mol. The summed E-state index contributed by atoms with van der Waals surface area (Å²) in [7, 11) is 0. The number of anilines is 1. The first kappa shape index (κ1) is 22.1. The number of hydrogen-bond donors (Lipinski definition) is 0. The number of piperazine rings is 1. The number of carbonyl (C=O) groups is 1. The Morgan fingerprint density at radius 2 is 1.94 bits per heavy atom. The van der Waals surface area contributed by atoms with Crippen LogP contribution in [-0.4, -0.2) is 46.5 Å². The van der Waals surface area contributed by atoms with Crippen molar-refractivity contribution in [3.8, 4) is 11.6 Å². The third-order valence-electron chi connectivity index (χ3n) is 5.67. The summed E-state index contributed by atoms with van der Waals surface area (Å²) >= 11 is 6.25. The SMILES string of the molecule is Cc1ccc(Cl)c(Oc2cc(N3CCN(C(=O)CCc4ccccc4)[C@@H](C)C3)ncn2)c1. The van der Waals surface area contributed by atoms with Gasteiger partial charge in [0.1, 0.15) is 17.9 Å². The highest BCUT2D eigenvalue weighted by atomic mass is 35.5. The molecule has 0 bridgehead atoms. The molecule has 1 aliphatic rings. The number of carbonyl (C=O) groups excluding carboxylic acids is 1. The molecule has 0 aliphatic carbocycles. The number of nitrogens with zero attached hydrogens (tertiary/aromatic N) is 4. The molecule has 4 rings (SSSR count). The van der Waals surface area contributed by atoms with Gasteiger partial charge in [-0.05, 0) is 43.5 Å². The highest BCUT2D eigenvalue weighted by molar-refractivity contribution is 6.32. The fourth-order valence-corrected chi connectivity index (χ4v) is 4.09. The van der Waals surface area contributed by atoms with Crippen LogP contribution in [0.25, 0.3) is 0 Å². The van der Waals surface area contributed by atoms with Gasteiger partial charge in [0.25, 0.3) is 0 Å². The fraction of sp³-hybridized carbons (Fsp3) is 0.320. The lowest BCUT2D eigenvalue weighted by molar-refractivity contribution is -0.133. The predicted molar refractivity (Wildman–Crippen MR) is 126 cm³/mol. The summed E-state index contributed by atoms with van der Waals surface area (Å²) < 4.78 is 5.91. The first-order valence-corrected chi connectivity index (χ1v) is 11.2. The van der Waals surface area contributed by atoms with E-state index in [4.69, 9.17) is 16.3 Å². The van der Waals surface area contributed by atoms with Crippen molar-refractivity contribution in [2.45, 2.75) is 32.7 Å². The average Bonchev–Trinajstić information content (AvgIpc) is 2.81. The first-order chi connectivity index (χ1) is 15.5. The monoisotopic (exact) mass is 450 g/mol. The molecule has 1 saturated heterocycles. The molecule has 0 saturated carbocycles. The molecule has 7 heteroatoms. The summed E-state index contributed by atoms with van der Waals surface area (Å²) in [5.74, 6) is 1.99. The van der Waals surface area contributed by atoms with Crippen molar-refractivity contribution in [1.82, 2.24) is 14.9 Å². The topological polar surface area (TPSA) is 58.6 Å². The van der Waals surface area contributed by atoms with E-state index in [1.165, 1.54) is 11.9 Å². The number of hydrogen-bond acceptors (Lipinski definition) is 5. The molecular formula is C25H27ClN4O2. The Morgan fingerprint density at radius 3 is 2.72 bits per heavy atom. The van der Waals surface area contributed by atoms with Gasteiger partial charge in [0.15, 0.2) is 0 Å². The van der Waals surface area contributed by atoms with E-state index in [9.17, 15) is 4.79 Å². The molecule has 0 spiro atoms. The number of ether oxygens (including phenoxy) is 1. The van der Waals surface area contributed by atoms with Crippen LogP contribution in [-0.2, 0) is 11.2 Å². The number of halogens is 1. The molecule has 1 atom stereocenters. The molecule has 0 unspecified atom stereocenters. The van der Waals surface area contributed by atoms with Crippen molar-refractivity contribution >= 4 is 23.3 Å². The molecule has 1 aromatic heterocycles. The first-order valence-electron chi connectivity index (χ1n) is 10.8. The Labute approximate surface area is 193 Å². The minimum absolute atomic E-state index is 0.0950. The van der Waals surface area contributed by atoms with Crippen LogP contribution in [0.1, 0.15) is 24.5 Å². The van der Waals surface area contributed by atoms with Crippen LogP contribution in [0.15, 0.2) is 60.9 Å². The van der Waals surface area contributed by atoms with Crippen LogP contribution in [0.3, 0.4) is 0 Å². The van der Waals surface area contributed by atoms with Crippen LogP contribution in [0.2, 0.25) is 5.02 Å². The smallest absolute Gasteiger partial charge is 0.224 e. The number of benzene rings is 2. The maximum Gasteiger partial charge on any atom is 0.224 e. The van der Waals surface area contributed by atoms with E-state index in [0.29, 0.717) is 42.7 Å². The standard InChI is InChI=1S/C25H27ClN4O2/c1-18-8-10-21(26)22(14-18)32-24-15-23(27-17-28-24)29-12-13-30(19(2)16-29)25(31)11-9-20-6-4-3-5-7-20/h3-8,10,14-15,17,19H,9,11-13,16H2,1-2H3/t19-/m0/s1. The Bertz CT molecular complexity index is 1080. The molecule has 0 radical (unpaired) electrons. The molecule has 2 heterocycles. The van der Waals surface area contributed by atoms with Crippen molar-refractivity contribution in [2.75, 3.05) is 24.5 Å². The predicted octanol–water partition coefficient (Wildman–Crippen LogP) is 4.90. The molecule has 3 aromatic rings. The second kappa shape index (κ2) is 10.0. The molecule has 2 aromatic carbocycles. The number of aryl methyl sites for hydroxylation is 2. The lowest BCUT2D eigenvalue weighted by Crippen LogP contribution is -2.54.